The standard InChI is InChI=1S/C21H15ClN2O4S/c22-11-1-3-15-16(9-11)23-7-5-17(15)28-12-2-4-13-14(6-8-27-18(13)10-12)19-20(25)24-21(26)29-19/h1-5,7,9-10,14,19H,6,8H2,(H,24,25,26)/t14-,19?/m1/s1. The molecular formula is C21H15ClN2O4S. The van der Waals surface area contributed by atoms with Crippen LogP contribution in [0.1, 0.15) is 17.9 Å². The maximum absolute atomic E-state index is 12.1. The molecule has 2 aliphatic rings. The van der Waals surface area contributed by atoms with Crippen molar-refractivity contribution in [2.45, 2.75) is 17.6 Å². The van der Waals surface area contributed by atoms with Crippen LogP contribution in [0.3, 0.4) is 0 Å². The van der Waals surface area contributed by atoms with Crippen LogP contribution in [0.2, 0.25) is 5.02 Å². The largest absolute Gasteiger partial charge is 0.493 e. The van der Waals surface area contributed by atoms with Gasteiger partial charge in [0.2, 0.25) is 5.91 Å². The van der Waals surface area contributed by atoms with Gasteiger partial charge in [0.05, 0.1) is 12.1 Å². The van der Waals surface area contributed by atoms with E-state index in [9.17, 15) is 9.59 Å². The van der Waals surface area contributed by atoms with Gasteiger partial charge in [0, 0.05) is 28.6 Å². The number of rotatable bonds is 3. The van der Waals surface area contributed by atoms with E-state index in [0.29, 0.717) is 35.3 Å². The molecule has 2 amide bonds. The maximum Gasteiger partial charge on any atom is 0.286 e. The van der Waals surface area contributed by atoms with Crippen molar-refractivity contribution in [1.82, 2.24) is 10.3 Å². The lowest BCUT2D eigenvalue weighted by Crippen LogP contribution is -2.31. The molecule has 1 unspecified atom stereocenters. The summed E-state index contributed by atoms with van der Waals surface area (Å²) in [5, 5.41) is 3.11. The zero-order valence-electron chi connectivity index (χ0n) is 15.1. The summed E-state index contributed by atoms with van der Waals surface area (Å²) in [6.45, 7) is 0.482. The lowest BCUT2D eigenvalue weighted by atomic mass is 9.89. The van der Waals surface area contributed by atoms with Crippen LogP contribution in [0.4, 0.5) is 4.79 Å². The molecule has 5 rings (SSSR count). The van der Waals surface area contributed by atoms with Crippen LogP contribution in [0.25, 0.3) is 10.9 Å². The van der Waals surface area contributed by atoms with Crippen molar-refractivity contribution in [3.8, 4) is 17.2 Å². The summed E-state index contributed by atoms with van der Waals surface area (Å²) in [5.74, 6) is 1.64. The molecule has 29 heavy (non-hydrogen) atoms. The highest BCUT2D eigenvalue weighted by Gasteiger charge is 2.40. The number of ether oxygens (including phenoxy) is 2. The average Bonchev–Trinajstić information content (AvgIpc) is 3.05. The Morgan fingerprint density at radius 2 is 2.07 bits per heavy atom. The van der Waals surface area contributed by atoms with Gasteiger partial charge >= 0.3 is 0 Å². The fraction of sp³-hybridized carbons (Fsp3) is 0.190. The minimum Gasteiger partial charge on any atom is -0.493 e. The number of aromatic nitrogens is 1. The fourth-order valence-corrected chi connectivity index (χ4v) is 4.89. The topological polar surface area (TPSA) is 77.5 Å². The fourth-order valence-electron chi connectivity index (χ4n) is 3.72. The van der Waals surface area contributed by atoms with E-state index in [2.05, 4.69) is 10.3 Å². The van der Waals surface area contributed by atoms with Crippen molar-refractivity contribution in [1.29, 1.82) is 0 Å². The molecule has 2 aromatic carbocycles. The second-order valence-corrected chi connectivity index (χ2v) is 8.38. The molecule has 1 fully saturated rings. The molecule has 1 aromatic heterocycles. The Kier molecular flexibility index (Phi) is 4.56. The Bertz CT molecular complexity index is 1150. The lowest BCUT2D eigenvalue weighted by Gasteiger charge is -2.28. The first-order chi connectivity index (χ1) is 14.1. The molecule has 1 saturated heterocycles. The number of fused-ring (bicyclic) bond motifs is 2. The predicted molar refractivity (Wildman–Crippen MR) is 111 cm³/mol. The van der Waals surface area contributed by atoms with Gasteiger partial charge in [-0.2, -0.15) is 0 Å². The highest BCUT2D eigenvalue weighted by atomic mass is 35.5. The van der Waals surface area contributed by atoms with Gasteiger partial charge in [0.1, 0.15) is 22.5 Å². The SMILES string of the molecule is O=C1NC(=O)C([C@@H]2CCOc3cc(Oc4ccnc5cc(Cl)ccc45)ccc32)S1. The number of amides is 2. The molecule has 0 radical (unpaired) electrons. The zero-order valence-corrected chi connectivity index (χ0v) is 16.6. The third-order valence-electron chi connectivity index (χ3n) is 5.05. The summed E-state index contributed by atoms with van der Waals surface area (Å²) in [6, 6.07) is 12.8. The van der Waals surface area contributed by atoms with Crippen LogP contribution in [0.15, 0.2) is 48.7 Å². The van der Waals surface area contributed by atoms with Gasteiger partial charge in [-0.3, -0.25) is 19.9 Å². The number of thioether (sulfide) groups is 1. The third kappa shape index (κ3) is 3.41. The van der Waals surface area contributed by atoms with E-state index in [4.69, 9.17) is 21.1 Å². The summed E-state index contributed by atoms with van der Waals surface area (Å²) in [5.41, 5.74) is 1.66. The molecule has 3 aromatic rings. The van der Waals surface area contributed by atoms with Crippen LogP contribution in [-0.4, -0.2) is 28.0 Å². The molecule has 1 N–H and O–H groups in total. The highest BCUT2D eigenvalue weighted by Crippen LogP contribution is 2.43. The van der Waals surface area contributed by atoms with E-state index < -0.39 is 5.25 Å². The molecular weight excluding hydrogens is 412 g/mol. The van der Waals surface area contributed by atoms with Crippen LogP contribution in [0, 0.1) is 0 Å². The number of carbonyl (C=O) groups excluding carboxylic acids is 2. The van der Waals surface area contributed by atoms with Crippen molar-refractivity contribution in [2.75, 3.05) is 6.61 Å². The average molecular weight is 427 g/mol. The van der Waals surface area contributed by atoms with Crippen molar-refractivity contribution in [3.05, 3.63) is 59.2 Å². The Labute approximate surface area is 175 Å². The summed E-state index contributed by atoms with van der Waals surface area (Å²) in [4.78, 5) is 28.0. The van der Waals surface area contributed by atoms with E-state index in [1.54, 1.807) is 24.4 Å². The van der Waals surface area contributed by atoms with Gasteiger partial charge in [0.25, 0.3) is 5.24 Å². The number of hydrogen-bond acceptors (Lipinski definition) is 6. The van der Waals surface area contributed by atoms with E-state index in [1.165, 1.54) is 0 Å². The number of nitrogens with zero attached hydrogens (tertiary/aromatic N) is 1. The van der Waals surface area contributed by atoms with E-state index in [0.717, 1.165) is 28.2 Å². The Balaban J connectivity index is 1.46. The molecule has 146 valence electrons. The van der Waals surface area contributed by atoms with E-state index in [1.807, 2.05) is 24.3 Å². The van der Waals surface area contributed by atoms with Crippen molar-refractivity contribution < 1.29 is 19.1 Å². The van der Waals surface area contributed by atoms with Gasteiger partial charge in [-0.15, -0.1) is 0 Å². The minimum absolute atomic E-state index is 0.0758. The number of carbonyl (C=O) groups is 2. The second kappa shape index (κ2) is 7.24. The minimum atomic E-state index is -0.425. The number of nitrogens with one attached hydrogen (secondary N) is 1. The molecule has 0 bridgehead atoms. The summed E-state index contributed by atoms with van der Waals surface area (Å²) in [7, 11) is 0. The van der Waals surface area contributed by atoms with Gasteiger partial charge in [-0.05, 0) is 42.3 Å². The monoisotopic (exact) mass is 426 g/mol. The number of benzene rings is 2. The molecule has 3 heterocycles. The summed E-state index contributed by atoms with van der Waals surface area (Å²) >= 11 is 7.10. The number of imide groups is 1. The number of hydrogen-bond donors (Lipinski definition) is 1. The lowest BCUT2D eigenvalue weighted by molar-refractivity contribution is -0.119. The molecule has 0 aliphatic carbocycles. The number of pyridine rings is 1. The highest BCUT2D eigenvalue weighted by molar-refractivity contribution is 8.15. The van der Waals surface area contributed by atoms with Crippen LogP contribution >= 0.6 is 23.4 Å². The Hall–Kier alpha value is -2.77. The van der Waals surface area contributed by atoms with Gasteiger partial charge in [0.15, 0.2) is 0 Å². The quantitative estimate of drug-likeness (QED) is 0.642. The van der Waals surface area contributed by atoms with Crippen LogP contribution < -0.4 is 14.8 Å². The summed E-state index contributed by atoms with van der Waals surface area (Å²) in [6.07, 6.45) is 2.35. The van der Waals surface area contributed by atoms with Gasteiger partial charge in [-0.1, -0.05) is 29.4 Å². The van der Waals surface area contributed by atoms with Gasteiger partial charge < -0.3 is 9.47 Å². The smallest absolute Gasteiger partial charge is 0.286 e. The molecule has 2 aliphatic heterocycles. The molecule has 0 spiro atoms. The molecule has 8 heteroatoms. The molecule has 2 atom stereocenters. The first-order valence-electron chi connectivity index (χ1n) is 9.09. The molecule has 0 saturated carbocycles. The number of halogens is 1. The van der Waals surface area contributed by atoms with Crippen molar-refractivity contribution >= 4 is 45.4 Å². The maximum atomic E-state index is 12.1. The van der Waals surface area contributed by atoms with Crippen LogP contribution in [0.5, 0.6) is 17.2 Å². The molecule has 6 nitrogen and oxygen atoms in total. The predicted octanol–water partition coefficient (Wildman–Crippen LogP) is 4.90. The van der Waals surface area contributed by atoms with Crippen molar-refractivity contribution in [3.63, 3.8) is 0 Å². The van der Waals surface area contributed by atoms with Crippen LogP contribution in [-0.2, 0) is 4.79 Å². The van der Waals surface area contributed by atoms with E-state index in [-0.39, 0.29) is 17.1 Å². The van der Waals surface area contributed by atoms with E-state index >= 15 is 0 Å². The summed E-state index contributed by atoms with van der Waals surface area (Å²) < 4.78 is 11.9. The Morgan fingerprint density at radius 3 is 2.90 bits per heavy atom. The normalized spacial score (nSPS) is 20.9. The van der Waals surface area contributed by atoms with Gasteiger partial charge in [-0.25, -0.2) is 0 Å². The van der Waals surface area contributed by atoms with Crippen molar-refractivity contribution in [2.24, 2.45) is 0 Å². The first kappa shape index (κ1) is 18.3. The zero-order chi connectivity index (χ0) is 20.0. The second-order valence-electron chi connectivity index (χ2n) is 6.83. The third-order valence-corrected chi connectivity index (χ3v) is 6.39. The Morgan fingerprint density at radius 1 is 1.17 bits per heavy atom. The first-order valence-corrected chi connectivity index (χ1v) is 10.3.